The zero-order chi connectivity index (χ0) is 16.1. The van der Waals surface area contributed by atoms with Crippen molar-refractivity contribution in [1.29, 1.82) is 0 Å². The first-order chi connectivity index (χ1) is 10.6. The van der Waals surface area contributed by atoms with Crippen LogP contribution in [-0.4, -0.2) is 33.6 Å². The average molecular weight is 303 g/mol. The summed E-state index contributed by atoms with van der Waals surface area (Å²) < 4.78 is 0. The van der Waals surface area contributed by atoms with E-state index in [4.69, 9.17) is 5.11 Å². The number of hydrogen-bond acceptors (Lipinski definition) is 5. The van der Waals surface area contributed by atoms with Crippen LogP contribution in [0.5, 0.6) is 0 Å². The number of nitrogens with one attached hydrogen (secondary N) is 1. The molecular formula is C15H17N3O4. The highest BCUT2D eigenvalue weighted by atomic mass is 16.6. The van der Waals surface area contributed by atoms with Crippen LogP contribution in [0.2, 0.25) is 0 Å². The Kier molecular flexibility index (Phi) is 5.00. The molecular weight excluding hydrogens is 286 g/mol. The summed E-state index contributed by atoms with van der Waals surface area (Å²) in [7, 11) is 0. The number of nitrogens with zero attached hydrogens (tertiary/aromatic N) is 2. The molecule has 2 rings (SSSR count). The van der Waals surface area contributed by atoms with Gasteiger partial charge in [0.1, 0.15) is 0 Å². The monoisotopic (exact) mass is 303 g/mol. The molecule has 0 saturated heterocycles. The van der Waals surface area contributed by atoms with Crippen molar-refractivity contribution in [2.75, 3.05) is 6.61 Å². The fraction of sp³-hybridized carbons (Fsp3) is 0.333. The number of carbonyl (C=O) groups excluding carboxylic acids is 1. The van der Waals surface area contributed by atoms with E-state index in [0.29, 0.717) is 23.7 Å². The van der Waals surface area contributed by atoms with Crippen molar-refractivity contribution < 1.29 is 14.8 Å². The molecule has 0 aliphatic heterocycles. The van der Waals surface area contributed by atoms with Gasteiger partial charge in [-0.1, -0.05) is 6.92 Å². The maximum atomic E-state index is 12.4. The van der Waals surface area contributed by atoms with Crippen molar-refractivity contribution in [3.8, 4) is 0 Å². The molecule has 1 unspecified atom stereocenters. The largest absolute Gasteiger partial charge is 0.396 e. The molecule has 22 heavy (non-hydrogen) atoms. The highest BCUT2D eigenvalue weighted by Crippen LogP contribution is 2.26. The summed E-state index contributed by atoms with van der Waals surface area (Å²) in [6.45, 7) is 1.89. The molecule has 1 atom stereocenters. The Morgan fingerprint density at radius 2 is 2.23 bits per heavy atom. The third-order valence-electron chi connectivity index (χ3n) is 3.49. The molecule has 1 aromatic carbocycles. The Labute approximate surface area is 127 Å². The lowest BCUT2D eigenvalue weighted by Gasteiger charge is -2.16. The number of aliphatic hydroxyl groups excluding tert-OH is 1. The molecule has 0 fully saturated rings. The number of nitro benzene ring substituents is 1. The van der Waals surface area contributed by atoms with Gasteiger partial charge in [-0.05, 0) is 31.0 Å². The highest BCUT2D eigenvalue weighted by Gasteiger charge is 2.20. The first-order valence-corrected chi connectivity index (χ1v) is 7.02. The molecule has 0 spiro atoms. The Balaban J connectivity index is 2.42. The lowest BCUT2D eigenvalue weighted by molar-refractivity contribution is -0.383. The van der Waals surface area contributed by atoms with Crippen molar-refractivity contribution in [3.63, 3.8) is 0 Å². The number of benzene rings is 1. The van der Waals surface area contributed by atoms with Crippen LogP contribution in [0.4, 0.5) is 5.69 Å². The van der Waals surface area contributed by atoms with Crippen LogP contribution in [0.3, 0.4) is 0 Å². The SMILES string of the molecule is CCC(CCO)NC(=O)c1ccc([N+](=O)[O-])c2cccnc12. The second-order valence-electron chi connectivity index (χ2n) is 4.88. The lowest BCUT2D eigenvalue weighted by atomic mass is 10.1. The maximum Gasteiger partial charge on any atom is 0.278 e. The lowest BCUT2D eigenvalue weighted by Crippen LogP contribution is -2.35. The molecule has 2 N–H and O–H groups in total. The molecule has 1 heterocycles. The van der Waals surface area contributed by atoms with Gasteiger partial charge in [-0.2, -0.15) is 0 Å². The van der Waals surface area contributed by atoms with Crippen molar-refractivity contribution in [1.82, 2.24) is 10.3 Å². The van der Waals surface area contributed by atoms with Gasteiger partial charge in [-0.25, -0.2) is 0 Å². The van der Waals surface area contributed by atoms with Gasteiger partial charge < -0.3 is 10.4 Å². The van der Waals surface area contributed by atoms with Crippen molar-refractivity contribution in [2.24, 2.45) is 0 Å². The van der Waals surface area contributed by atoms with Gasteiger partial charge in [0.25, 0.3) is 11.6 Å². The molecule has 116 valence electrons. The zero-order valence-electron chi connectivity index (χ0n) is 12.2. The molecule has 0 saturated carbocycles. The van der Waals surface area contributed by atoms with E-state index in [9.17, 15) is 14.9 Å². The van der Waals surface area contributed by atoms with E-state index in [-0.39, 0.29) is 29.8 Å². The van der Waals surface area contributed by atoms with E-state index >= 15 is 0 Å². The summed E-state index contributed by atoms with van der Waals surface area (Å²) >= 11 is 0. The molecule has 0 aliphatic carbocycles. The van der Waals surface area contributed by atoms with E-state index in [2.05, 4.69) is 10.3 Å². The van der Waals surface area contributed by atoms with E-state index in [1.807, 2.05) is 6.92 Å². The summed E-state index contributed by atoms with van der Waals surface area (Å²) in [6, 6.07) is 5.74. The summed E-state index contributed by atoms with van der Waals surface area (Å²) in [5, 5.41) is 23.2. The van der Waals surface area contributed by atoms with Gasteiger partial charge in [-0.3, -0.25) is 19.9 Å². The molecule has 1 amide bonds. The van der Waals surface area contributed by atoms with E-state index < -0.39 is 4.92 Å². The minimum Gasteiger partial charge on any atom is -0.396 e. The molecule has 0 aliphatic rings. The number of hydrogen-bond donors (Lipinski definition) is 2. The molecule has 7 nitrogen and oxygen atoms in total. The molecule has 2 aromatic rings. The summed E-state index contributed by atoms with van der Waals surface area (Å²) in [6.07, 6.45) is 2.64. The number of aliphatic hydroxyl groups is 1. The van der Waals surface area contributed by atoms with E-state index in [1.54, 1.807) is 12.1 Å². The molecule has 0 radical (unpaired) electrons. The second-order valence-corrected chi connectivity index (χ2v) is 4.88. The van der Waals surface area contributed by atoms with Crippen molar-refractivity contribution in [2.45, 2.75) is 25.8 Å². The number of nitro groups is 1. The number of fused-ring (bicyclic) bond motifs is 1. The maximum absolute atomic E-state index is 12.4. The number of pyridine rings is 1. The molecule has 7 heteroatoms. The van der Waals surface area contributed by atoms with Gasteiger partial charge in [0.2, 0.25) is 0 Å². The van der Waals surface area contributed by atoms with Crippen LogP contribution in [0.1, 0.15) is 30.1 Å². The third kappa shape index (κ3) is 3.20. The zero-order valence-corrected chi connectivity index (χ0v) is 12.2. The number of rotatable bonds is 6. The standard InChI is InChI=1S/C15H17N3O4/c1-2-10(7-9-19)17-15(20)12-5-6-13(18(21)22)11-4-3-8-16-14(11)12/h3-6,8,10,19H,2,7,9H2,1H3,(H,17,20). The van der Waals surface area contributed by atoms with Gasteiger partial charge in [-0.15, -0.1) is 0 Å². The number of amides is 1. The van der Waals surface area contributed by atoms with E-state index in [1.165, 1.54) is 18.3 Å². The minimum atomic E-state index is -0.494. The number of aromatic nitrogens is 1. The highest BCUT2D eigenvalue weighted by molar-refractivity contribution is 6.07. The minimum absolute atomic E-state index is 0.0158. The first kappa shape index (κ1) is 15.8. The predicted octanol–water partition coefficient (Wildman–Crippen LogP) is 2.03. The fourth-order valence-corrected chi connectivity index (χ4v) is 2.30. The summed E-state index contributed by atoms with van der Waals surface area (Å²) in [4.78, 5) is 27.1. The Morgan fingerprint density at radius 3 is 2.86 bits per heavy atom. The average Bonchev–Trinajstić information content (AvgIpc) is 2.52. The van der Waals surface area contributed by atoms with Crippen LogP contribution in [0.15, 0.2) is 30.5 Å². The van der Waals surface area contributed by atoms with E-state index in [0.717, 1.165) is 0 Å². The smallest absolute Gasteiger partial charge is 0.278 e. The summed E-state index contributed by atoms with van der Waals surface area (Å²) in [5.74, 6) is -0.348. The van der Waals surface area contributed by atoms with Crippen LogP contribution in [0, 0.1) is 10.1 Å². The Morgan fingerprint density at radius 1 is 1.45 bits per heavy atom. The van der Waals surface area contributed by atoms with Crippen molar-refractivity contribution >= 4 is 22.5 Å². The van der Waals surface area contributed by atoms with Gasteiger partial charge in [0.15, 0.2) is 0 Å². The number of non-ortho nitro benzene ring substituents is 1. The van der Waals surface area contributed by atoms with Crippen molar-refractivity contribution in [3.05, 3.63) is 46.1 Å². The Hall–Kier alpha value is -2.54. The first-order valence-electron chi connectivity index (χ1n) is 7.02. The topological polar surface area (TPSA) is 105 Å². The van der Waals surface area contributed by atoms with Crippen LogP contribution < -0.4 is 5.32 Å². The van der Waals surface area contributed by atoms with Crippen LogP contribution >= 0.6 is 0 Å². The molecule has 1 aromatic heterocycles. The normalized spacial score (nSPS) is 12.1. The van der Waals surface area contributed by atoms with Crippen LogP contribution in [0.25, 0.3) is 10.9 Å². The van der Waals surface area contributed by atoms with Gasteiger partial charge in [0.05, 0.1) is 21.4 Å². The quantitative estimate of drug-likeness (QED) is 0.627. The second kappa shape index (κ2) is 6.95. The third-order valence-corrected chi connectivity index (χ3v) is 3.49. The number of carbonyl (C=O) groups is 1. The summed E-state index contributed by atoms with van der Waals surface area (Å²) in [5.41, 5.74) is 0.507. The predicted molar refractivity (Wildman–Crippen MR) is 81.6 cm³/mol. The van der Waals surface area contributed by atoms with Crippen LogP contribution in [-0.2, 0) is 0 Å². The fourth-order valence-electron chi connectivity index (χ4n) is 2.30. The molecule has 0 bridgehead atoms. The Bertz CT molecular complexity index is 702. The van der Waals surface area contributed by atoms with Gasteiger partial charge in [0, 0.05) is 24.9 Å². The van der Waals surface area contributed by atoms with Gasteiger partial charge >= 0.3 is 0 Å².